The Morgan fingerprint density at radius 3 is 2.80 bits per heavy atom. The number of aromatic nitrogens is 4. The lowest BCUT2D eigenvalue weighted by atomic mass is 10.1. The van der Waals surface area contributed by atoms with Crippen molar-refractivity contribution in [2.75, 3.05) is 37.0 Å². The normalized spacial score (nSPS) is 14.3. The maximum absolute atomic E-state index is 11.1. The summed E-state index contributed by atoms with van der Waals surface area (Å²) < 4.78 is 8.81. The van der Waals surface area contributed by atoms with E-state index in [1.165, 1.54) is 4.90 Å². The second-order valence-corrected chi connectivity index (χ2v) is 16.5. The van der Waals surface area contributed by atoms with E-state index in [4.69, 9.17) is 14.8 Å². The van der Waals surface area contributed by atoms with E-state index in [1.807, 2.05) is 29.0 Å². The first-order valence-corrected chi connectivity index (χ1v) is 16.1. The van der Waals surface area contributed by atoms with Gasteiger partial charge in [0.15, 0.2) is 0 Å². The third-order valence-corrected chi connectivity index (χ3v) is 8.40. The number of fused-ring (bicyclic) bond motifs is 1. The standard InChI is InChI=1S/C23H32BrN7O3Si/c1-29(23(32)33)17-11-30(12-17)19-7-5-6-16(28-19)10-25-21-20-18(24)13-31(22(20)27-14-26-21)15-34-8-9-35(2,3)4/h5-7,13-14,17H,8-12,15H2,1-4H3,(H,32,33)(H,25,26,27). The van der Waals surface area contributed by atoms with Gasteiger partial charge in [-0.3, -0.25) is 0 Å². The Kier molecular flexibility index (Phi) is 7.62. The number of likely N-dealkylation sites (N-methyl/N-ethyl adjacent to an activating group) is 1. The summed E-state index contributed by atoms with van der Waals surface area (Å²) in [7, 11) is 0.470. The van der Waals surface area contributed by atoms with Crippen LogP contribution in [0.4, 0.5) is 16.4 Å². The van der Waals surface area contributed by atoms with Crippen LogP contribution >= 0.6 is 15.9 Å². The van der Waals surface area contributed by atoms with Crippen LogP contribution in [0.25, 0.3) is 11.0 Å². The van der Waals surface area contributed by atoms with Crippen molar-refractivity contribution in [2.24, 2.45) is 0 Å². The zero-order valence-electron chi connectivity index (χ0n) is 20.5. The van der Waals surface area contributed by atoms with Gasteiger partial charge in [0.25, 0.3) is 0 Å². The fraction of sp³-hybridized carbons (Fsp3) is 0.478. The number of carbonyl (C=O) groups is 1. The molecule has 4 heterocycles. The fourth-order valence-corrected chi connectivity index (χ4v) is 5.18. The van der Waals surface area contributed by atoms with Gasteiger partial charge in [-0.2, -0.15) is 0 Å². The van der Waals surface area contributed by atoms with Gasteiger partial charge in [-0.25, -0.2) is 19.7 Å². The molecule has 10 nitrogen and oxygen atoms in total. The van der Waals surface area contributed by atoms with E-state index in [0.717, 1.165) is 45.5 Å². The average Bonchev–Trinajstić information content (AvgIpc) is 3.10. The largest absolute Gasteiger partial charge is 0.465 e. The van der Waals surface area contributed by atoms with Crippen molar-refractivity contribution in [2.45, 2.75) is 45.0 Å². The summed E-state index contributed by atoms with van der Waals surface area (Å²) >= 11 is 3.65. The highest BCUT2D eigenvalue weighted by Gasteiger charge is 2.33. The Morgan fingerprint density at radius 1 is 1.31 bits per heavy atom. The first-order chi connectivity index (χ1) is 16.6. The van der Waals surface area contributed by atoms with Crippen LogP contribution in [-0.2, 0) is 18.0 Å². The van der Waals surface area contributed by atoms with E-state index in [0.29, 0.717) is 26.4 Å². The molecule has 1 fully saturated rings. The lowest BCUT2D eigenvalue weighted by Crippen LogP contribution is -2.59. The van der Waals surface area contributed by atoms with Gasteiger partial charge in [0.2, 0.25) is 0 Å². The highest BCUT2D eigenvalue weighted by Crippen LogP contribution is 2.30. The van der Waals surface area contributed by atoms with Gasteiger partial charge < -0.3 is 29.5 Å². The first kappa shape index (κ1) is 25.4. The topological polar surface area (TPSA) is 109 Å². The van der Waals surface area contributed by atoms with Crippen molar-refractivity contribution in [3.8, 4) is 0 Å². The van der Waals surface area contributed by atoms with Crippen LogP contribution in [0, 0.1) is 0 Å². The van der Waals surface area contributed by atoms with Crippen LogP contribution in [0.2, 0.25) is 25.7 Å². The quantitative estimate of drug-likeness (QED) is 0.278. The van der Waals surface area contributed by atoms with Crippen LogP contribution in [0.15, 0.2) is 35.2 Å². The molecule has 35 heavy (non-hydrogen) atoms. The minimum Gasteiger partial charge on any atom is -0.465 e. The first-order valence-electron chi connectivity index (χ1n) is 11.6. The minimum absolute atomic E-state index is 0.00807. The number of carboxylic acid groups (broad SMARTS) is 1. The van der Waals surface area contributed by atoms with Gasteiger partial charge in [-0.15, -0.1) is 0 Å². The summed E-state index contributed by atoms with van der Waals surface area (Å²) in [6, 6.07) is 6.99. The molecule has 3 aromatic heterocycles. The summed E-state index contributed by atoms with van der Waals surface area (Å²) in [6.07, 6.45) is 2.63. The highest BCUT2D eigenvalue weighted by molar-refractivity contribution is 9.10. The molecule has 0 spiro atoms. The molecule has 1 saturated heterocycles. The van der Waals surface area contributed by atoms with Crippen molar-refractivity contribution in [1.29, 1.82) is 0 Å². The van der Waals surface area contributed by atoms with Crippen molar-refractivity contribution < 1.29 is 14.6 Å². The molecule has 0 saturated carbocycles. The Bertz CT molecular complexity index is 1190. The third kappa shape index (κ3) is 6.11. The zero-order chi connectivity index (χ0) is 25.2. The predicted molar refractivity (Wildman–Crippen MR) is 143 cm³/mol. The molecule has 0 bridgehead atoms. The van der Waals surface area contributed by atoms with E-state index < -0.39 is 14.2 Å². The second-order valence-electron chi connectivity index (χ2n) is 10.0. The van der Waals surface area contributed by atoms with Crippen molar-refractivity contribution in [1.82, 2.24) is 24.4 Å². The molecule has 4 rings (SSSR count). The molecular weight excluding hydrogens is 530 g/mol. The number of rotatable bonds is 10. The van der Waals surface area contributed by atoms with E-state index >= 15 is 0 Å². The summed E-state index contributed by atoms with van der Waals surface area (Å²) in [4.78, 5) is 28.2. The fourth-order valence-electron chi connectivity index (χ4n) is 3.81. The molecule has 0 aromatic carbocycles. The maximum Gasteiger partial charge on any atom is 0.407 e. The number of ether oxygens (including phenoxy) is 1. The minimum atomic E-state index is -1.13. The van der Waals surface area contributed by atoms with Crippen molar-refractivity contribution in [3.63, 3.8) is 0 Å². The van der Waals surface area contributed by atoms with Gasteiger partial charge in [-0.05, 0) is 34.1 Å². The van der Waals surface area contributed by atoms with Gasteiger partial charge in [0.1, 0.15) is 30.3 Å². The van der Waals surface area contributed by atoms with Crippen LogP contribution in [0.1, 0.15) is 5.69 Å². The Morgan fingerprint density at radius 2 is 2.09 bits per heavy atom. The lowest BCUT2D eigenvalue weighted by molar-refractivity contribution is 0.0898. The summed E-state index contributed by atoms with van der Waals surface area (Å²) in [6.45, 7) is 9.98. The van der Waals surface area contributed by atoms with E-state index in [2.05, 4.69) is 55.8 Å². The molecule has 3 aromatic rings. The number of nitrogens with one attached hydrogen (secondary N) is 1. The van der Waals surface area contributed by atoms with E-state index in [1.54, 1.807) is 13.4 Å². The van der Waals surface area contributed by atoms with Gasteiger partial charge in [0.05, 0.1) is 23.7 Å². The molecule has 0 aliphatic carbocycles. The molecule has 1 aliphatic heterocycles. The molecule has 12 heteroatoms. The monoisotopic (exact) mass is 561 g/mol. The molecule has 1 amide bonds. The number of hydrogen-bond donors (Lipinski definition) is 2. The van der Waals surface area contributed by atoms with Crippen molar-refractivity contribution >= 4 is 52.8 Å². The predicted octanol–water partition coefficient (Wildman–Crippen LogP) is 4.31. The lowest BCUT2D eigenvalue weighted by Gasteiger charge is -2.43. The number of halogens is 1. The number of nitrogens with zero attached hydrogens (tertiary/aromatic N) is 6. The van der Waals surface area contributed by atoms with Gasteiger partial charge in [-0.1, -0.05) is 25.7 Å². The molecule has 1 aliphatic rings. The number of amides is 1. The second kappa shape index (κ2) is 10.5. The van der Waals surface area contributed by atoms with Crippen LogP contribution in [0.5, 0.6) is 0 Å². The van der Waals surface area contributed by atoms with Crippen molar-refractivity contribution in [3.05, 3.63) is 40.9 Å². The molecule has 2 N–H and O–H groups in total. The summed E-state index contributed by atoms with van der Waals surface area (Å²) in [5, 5.41) is 13.4. The molecular formula is C23H32BrN7O3Si. The maximum atomic E-state index is 11.1. The summed E-state index contributed by atoms with van der Waals surface area (Å²) in [5.41, 5.74) is 1.67. The Balaban J connectivity index is 1.39. The molecule has 188 valence electrons. The summed E-state index contributed by atoms with van der Waals surface area (Å²) in [5.74, 6) is 1.57. The highest BCUT2D eigenvalue weighted by atomic mass is 79.9. The Hall–Kier alpha value is -2.70. The van der Waals surface area contributed by atoms with Crippen LogP contribution in [0.3, 0.4) is 0 Å². The smallest absolute Gasteiger partial charge is 0.407 e. The Labute approximate surface area is 214 Å². The average molecular weight is 563 g/mol. The zero-order valence-corrected chi connectivity index (χ0v) is 23.1. The van der Waals surface area contributed by atoms with E-state index in [9.17, 15) is 4.79 Å². The van der Waals surface area contributed by atoms with E-state index in [-0.39, 0.29) is 6.04 Å². The number of hydrogen-bond acceptors (Lipinski definition) is 7. The van der Waals surface area contributed by atoms with Crippen LogP contribution in [-0.4, -0.2) is 76.5 Å². The molecule has 0 unspecified atom stereocenters. The SMILES string of the molecule is CN(C(=O)O)C1CN(c2cccc(CNc3ncnc4c3c(Br)cn4COCC[Si](C)(C)C)n2)C1. The van der Waals surface area contributed by atoms with Crippen LogP contribution < -0.4 is 10.2 Å². The third-order valence-electron chi connectivity index (χ3n) is 6.10. The number of anilines is 2. The molecule has 0 atom stereocenters. The number of pyridine rings is 1. The van der Waals surface area contributed by atoms with Gasteiger partial charge in [0, 0.05) is 45.5 Å². The molecule has 0 radical (unpaired) electrons. The van der Waals surface area contributed by atoms with Gasteiger partial charge >= 0.3 is 6.09 Å².